The second-order valence-corrected chi connectivity index (χ2v) is 10.0. The summed E-state index contributed by atoms with van der Waals surface area (Å²) in [5.74, 6) is 0.877. The van der Waals surface area contributed by atoms with Gasteiger partial charge in [-0.25, -0.2) is 0 Å². The fourth-order valence-corrected chi connectivity index (χ4v) is 5.54. The fraction of sp³-hybridized carbons (Fsp3) is 0.538. The number of rotatable bonds is 6. The highest BCUT2D eigenvalue weighted by atomic mass is 35.5. The van der Waals surface area contributed by atoms with Gasteiger partial charge < -0.3 is 15.4 Å². The van der Waals surface area contributed by atoms with Crippen LogP contribution in [-0.2, 0) is 4.74 Å². The van der Waals surface area contributed by atoms with Crippen molar-refractivity contribution >= 4 is 35.6 Å². The minimum absolute atomic E-state index is 0. The van der Waals surface area contributed by atoms with Gasteiger partial charge in [0.1, 0.15) is 0 Å². The second kappa shape index (κ2) is 12.1. The molecule has 3 nitrogen and oxygen atoms in total. The van der Waals surface area contributed by atoms with E-state index in [1.807, 2.05) is 12.1 Å². The van der Waals surface area contributed by atoms with E-state index in [1.165, 1.54) is 11.1 Å². The maximum atomic E-state index is 7.15. The third-order valence-corrected chi connectivity index (χ3v) is 7.52. The Bertz CT molecular complexity index is 808. The summed E-state index contributed by atoms with van der Waals surface area (Å²) in [7, 11) is 0. The highest BCUT2D eigenvalue weighted by Crippen LogP contribution is 2.44. The summed E-state index contributed by atoms with van der Waals surface area (Å²) in [6.07, 6.45) is 4.30. The SMILES string of the molecule is Cc1ccc(Cl)c(C(OC(c2cc(C)ccc2Cl)C2CCNCC2)C2CCNCC2)c1.Cl. The Hall–Kier alpha value is -0.810. The van der Waals surface area contributed by atoms with E-state index in [1.54, 1.807) is 0 Å². The summed E-state index contributed by atoms with van der Waals surface area (Å²) in [5, 5.41) is 8.59. The molecular weight excluding hydrogens is 463 g/mol. The van der Waals surface area contributed by atoms with Crippen molar-refractivity contribution < 1.29 is 4.74 Å². The summed E-state index contributed by atoms with van der Waals surface area (Å²) in [6, 6.07) is 12.6. The normalized spacial score (nSPS) is 19.9. The molecule has 2 unspecified atom stereocenters. The first kappa shape index (κ1) is 25.8. The molecule has 0 amide bonds. The minimum Gasteiger partial charge on any atom is -0.365 e. The molecule has 2 saturated heterocycles. The van der Waals surface area contributed by atoms with Gasteiger partial charge in [-0.1, -0.05) is 58.6 Å². The third-order valence-electron chi connectivity index (χ3n) is 6.83. The molecule has 0 aliphatic carbocycles. The number of nitrogens with one attached hydrogen (secondary N) is 2. The predicted molar refractivity (Wildman–Crippen MR) is 137 cm³/mol. The number of hydrogen-bond acceptors (Lipinski definition) is 3. The predicted octanol–water partition coefficient (Wildman–Crippen LogP) is 6.83. The van der Waals surface area contributed by atoms with Crippen molar-refractivity contribution in [3.63, 3.8) is 0 Å². The minimum atomic E-state index is -0.0361. The molecule has 2 aliphatic heterocycles. The first-order valence-corrected chi connectivity index (χ1v) is 12.4. The Kier molecular flexibility index (Phi) is 9.72. The fourth-order valence-electron chi connectivity index (χ4n) is 5.09. The lowest BCUT2D eigenvalue weighted by molar-refractivity contribution is -0.0840. The summed E-state index contributed by atoms with van der Waals surface area (Å²) >= 11 is 13.5. The lowest BCUT2D eigenvalue weighted by Gasteiger charge is -2.38. The molecule has 32 heavy (non-hydrogen) atoms. The van der Waals surface area contributed by atoms with Gasteiger partial charge in [-0.2, -0.15) is 0 Å². The van der Waals surface area contributed by atoms with Gasteiger partial charge in [0.25, 0.3) is 0 Å². The summed E-state index contributed by atoms with van der Waals surface area (Å²) in [5.41, 5.74) is 4.68. The van der Waals surface area contributed by atoms with Gasteiger partial charge in [-0.3, -0.25) is 0 Å². The van der Waals surface area contributed by atoms with Crippen LogP contribution in [0, 0.1) is 25.7 Å². The van der Waals surface area contributed by atoms with Crippen molar-refractivity contribution in [3.05, 3.63) is 68.7 Å². The van der Waals surface area contributed by atoms with Crippen LogP contribution in [0.5, 0.6) is 0 Å². The van der Waals surface area contributed by atoms with Crippen LogP contribution < -0.4 is 10.6 Å². The van der Waals surface area contributed by atoms with E-state index in [9.17, 15) is 0 Å². The molecule has 2 aromatic rings. The van der Waals surface area contributed by atoms with E-state index >= 15 is 0 Å². The molecule has 2 aromatic carbocycles. The van der Waals surface area contributed by atoms with Crippen molar-refractivity contribution in [2.75, 3.05) is 26.2 Å². The molecule has 0 spiro atoms. The summed E-state index contributed by atoms with van der Waals surface area (Å²) < 4.78 is 7.15. The lowest BCUT2D eigenvalue weighted by atomic mass is 9.84. The number of piperidine rings is 2. The highest BCUT2D eigenvalue weighted by Gasteiger charge is 2.35. The standard InChI is InChI=1S/C26H34Cl2N2O.ClH/c1-17-3-5-23(27)21(15-17)25(19-7-11-29-12-8-19)31-26(20-9-13-30-14-10-20)22-16-18(2)4-6-24(22)28;/h3-6,15-16,19-20,25-26,29-30H,7-14H2,1-2H3;1H. The van der Waals surface area contributed by atoms with Crippen LogP contribution in [0.25, 0.3) is 0 Å². The second-order valence-electron chi connectivity index (χ2n) is 9.20. The van der Waals surface area contributed by atoms with Crippen LogP contribution in [0.3, 0.4) is 0 Å². The van der Waals surface area contributed by atoms with E-state index < -0.39 is 0 Å². The van der Waals surface area contributed by atoms with Gasteiger partial charge in [0.05, 0.1) is 12.2 Å². The molecule has 2 fully saturated rings. The van der Waals surface area contributed by atoms with Crippen molar-refractivity contribution in [1.29, 1.82) is 0 Å². The zero-order valence-corrected chi connectivity index (χ0v) is 21.3. The Balaban J connectivity index is 0.00000289. The maximum absolute atomic E-state index is 7.15. The van der Waals surface area contributed by atoms with E-state index in [4.69, 9.17) is 27.9 Å². The van der Waals surface area contributed by atoms with Crippen LogP contribution in [0.2, 0.25) is 10.0 Å². The topological polar surface area (TPSA) is 33.3 Å². The van der Waals surface area contributed by atoms with Crippen molar-refractivity contribution in [2.24, 2.45) is 11.8 Å². The maximum Gasteiger partial charge on any atom is 0.0877 e. The Morgan fingerprint density at radius 2 is 1.09 bits per heavy atom. The van der Waals surface area contributed by atoms with Crippen molar-refractivity contribution in [1.82, 2.24) is 10.6 Å². The van der Waals surface area contributed by atoms with Crippen LogP contribution in [0.15, 0.2) is 36.4 Å². The van der Waals surface area contributed by atoms with E-state index in [0.29, 0.717) is 11.8 Å². The number of benzene rings is 2. The molecule has 2 atom stereocenters. The van der Waals surface area contributed by atoms with Gasteiger partial charge >= 0.3 is 0 Å². The number of aryl methyl sites for hydroxylation is 2. The van der Waals surface area contributed by atoms with Crippen LogP contribution in [0.1, 0.15) is 60.1 Å². The quantitative estimate of drug-likeness (QED) is 0.459. The Morgan fingerprint density at radius 3 is 1.47 bits per heavy atom. The van der Waals surface area contributed by atoms with E-state index in [2.05, 4.69) is 48.7 Å². The molecule has 4 rings (SSSR count). The summed E-state index contributed by atoms with van der Waals surface area (Å²) in [6.45, 7) is 8.35. The van der Waals surface area contributed by atoms with Gasteiger partial charge in [0, 0.05) is 10.0 Å². The van der Waals surface area contributed by atoms with Crippen LogP contribution >= 0.6 is 35.6 Å². The molecular formula is C26H35Cl3N2O. The molecule has 2 heterocycles. The monoisotopic (exact) mass is 496 g/mol. The highest BCUT2D eigenvalue weighted by molar-refractivity contribution is 6.31. The van der Waals surface area contributed by atoms with Crippen LogP contribution in [0.4, 0.5) is 0 Å². The number of halogens is 3. The third kappa shape index (κ3) is 6.20. The van der Waals surface area contributed by atoms with Crippen molar-refractivity contribution in [3.8, 4) is 0 Å². The molecule has 0 bridgehead atoms. The Morgan fingerprint density at radius 1 is 0.719 bits per heavy atom. The van der Waals surface area contributed by atoms with E-state index in [0.717, 1.165) is 73.0 Å². The van der Waals surface area contributed by atoms with Gasteiger partial charge in [0.15, 0.2) is 0 Å². The molecule has 176 valence electrons. The molecule has 2 aliphatic rings. The van der Waals surface area contributed by atoms with Crippen LogP contribution in [-0.4, -0.2) is 26.2 Å². The molecule has 0 saturated carbocycles. The zero-order chi connectivity index (χ0) is 21.8. The zero-order valence-electron chi connectivity index (χ0n) is 19.0. The average Bonchev–Trinajstić information content (AvgIpc) is 2.79. The number of hydrogen-bond donors (Lipinski definition) is 2. The number of ether oxygens (including phenoxy) is 1. The first-order valence-electron chi connectivity index (χ1n) is 11.6. The van der Waals surface area contributed by atoms with E-state index in [-0.39, 0.29) is 24.6 Å². The molecule has 2 N–H and O–H groups in total. The smallest absolute Gasteiger partial charge is 0.0877 e. The van der Waals surface area contributed by atoms with Gasteiger partial charge in [-0.15, -0.1) is 12.4 Å². The molecule has 0 aromatic heterocycles. The van der Waals surface area contributed by atoms with Crippen molar-refractivity contribution in [2.45, 2.75) is 51.7 Å². The molecule has 0 radical (unpaired) electrons. The Labute approximate surface area is 209 Å². The summed E-state index contributed by atoms with van der Waals surface area (Å²) in [4.78, 5) is 0. The first-order chi connectivity index (χ1) is 15.0. The molecule has 6 heteroatoms. The lowest BCUT2D eigenvalue weighted by Crippen LogP contribution is -2.35. The largest absolute Gasteiger partial charge is 0.365 e. The van der Waals surface area contributed by atoms with Gasteiger partial charge in [-0.05, 0) is 101 Å². The van der Waals surface area contributed by atoms with Gasteiger partial charge in [0.2, 0.25) is 0 Å². The average molecular weight is 498 g/mol.